The quantitative estimate of drug-likeness (QED) is 0.812. The largest absolute Gasteiger partial charge is 0.485 e. The van der Waals surface area contributed by atoms with Gasteiger partial charge in [-0.15, -0.1) is 0 Å². The van der Waals surface area contributed by atoms with E-state index in [1.165, 1.54) is 26.2 Å². The Kier molecular flexibility index (Phi) is 5.30. The zero-order valence-corrected chi connectivity index (χ0v) is 13.0. The van der Waals surface area contributed by atoms with E-state index in [1.807, 2.05) is 19.1 Å². The average Bonchev–Trinajstić information content (AvgIpc) is 2.34. The molecule has 1 aliphatic rings. The zero-order valence-electron chi connectivity index (χ0n) is 10.6. The molecule has 0 saturated carbocycles. The van der Waals surface area contributed by atoms with Crippen LogP contribution in [-0.4, -0.2) is 39.3 Å². The summed E-state index contributed by atoms with van der Waals surface area (Å²) in [5, 5.41) is 3.06. The maximum Gasteiger partial charge on any atom is 0.152 e. The standard InChI is InChI=1S/C13H18BrClN2O/c1-10-8-11(14)13(12(15)9-10)18-7-6-17-4-2-16-3-5-17/h8-9,16H,2-7H2,1H3/p+2. The third-order valence-corrected chi connectivity index (χ3v) is 4.12. The molecule has 0 aliphatic carbocycles. The molecule has 1 aromatic rings. The minimum Gasteiger partial charge on any atom is -0.485 e. The summed E-state index contributed by atoms with van der Waals surface area (Å²) in [6.45, 7) is 8.70. The van der Waals surface area contributed by atoms with Gasteiger partial charge in [-0.05, 0) is 40.5 Å². The molecular weight excluding hydrogens is 316 g/mol. The molecule has 1 aromatic carbocycles. The first-order valence-corrected chi connectivity index (χ1v) is 7.57. The highest BCUT2D eigenvalue weighted by atomic mass is 79.9. The fraction of sp³-hybridized carbons (Fsp3) is 0.538. The van der Waals surface area contributed by atoms with Crippen molar-refractivity contribution in [1.82, 2.24) is 0 Å². The summed E-state index contributed by atoms with van der Waals surface area (Å²) >= 11 is 9.69. The summed E-state index contributed by atoms with van der Waals surface area (Å²) < 4.78 is 6.75. The normalized spacial score (nSPS) is 16.8. The number of nitrogens with one attached hydrogen (secondary N) is 1. The van der Waals surface area contributed by atoms with Crippen LogP contribution >= 0.6 is 27.5 Å². The predicted molar refractivity (Wildman–Crippen MR) is 76.6 cm³/mol. The average molecular weight is 336 g/mol. The molecule has 0 unspecified atom stereocenters. The van der Waals surface area contributed by atoms with Gasteiger partial charge in [0.15, 0.2) is 5.75 Å². The number of hydrogen-bond acceptors (Lipinski definition) is 1. The Morgan fingerprint density at radius 2 is 2.11 bits per heavy atom. The molecule has 0 aromatic heterocycles. The monoisotopic (exact) mass is 334 g/mol. The van der Waals surface area contributed by atoms with Gasteiger partial charge in [0.2, 0.25) is 0 Å². The second-order valence-corrected chi connectivity index (χ2v) is 6.03. The predicted octanol–water partition coefficient (Wildman–Crippen LogP) is 0.252. The maximum absolute atomic E-state index is 6.19. The van der Waals surface area contributed by atoms with Gasteiger partial charge >= 0.3 is 0 Å². The van der Waals surface area contributed by atoms with Crippen LogP contribution in [0.4, 0.5) is 0 Å². The Bertz CT molecular complexity index is 385. The van der Waals surface area contributed by atoms with Crippen molar-refractivity contribution in [1.29, 1.82) is 0 Å². The Morgan fingerprint density at radius 3 is 2.78 bits per heavy atom. The van der Waals surface area contributed by atoms with E-state index < -0.39 is 0 Å². The summed E-state index contributed by atoms with van der Waals surface area (Å²) in [7, 11) is 0. The molecule has 0 atom stereocenters. The smallest absolute Gasteiger partial charge is 0.152 e. The van der Waals surface area contributed by atoms with Gasteiger partial charge in [0.05, 0.1) is 9.50 Å². The van der Waals surface area contributed by atoms with Crippen LogP contribution in [0.5, 0.6) is 5.75 Å². The molecule has 100 valence electrons. The van der Waals surface area contributed by atoms with Gasteiger partial charge < -0.3 is 15.0 Å². The van der Waals surface area contributed by atoms with Crippen LogP contribution in [0.15, 0.2) is 16.6 Å². The van der Waals surface area contributed by atoms with Gasteiger partial charge in [-0.2, -0.15) is 0 Å². The lowest BCUT2D eigenvalue weighted by Crippen LogP contribution is -3.20. The van der Waals surface area contributed by atoms with Gasteiger partial charge in [0.1, 0.15) is 39.3 Å². The fourth-order valence-corrected chi connectivity index (χ4v) is 3.39. The van der Waals surface area contributed by atoms with Crippen molar-refractivity contribution in [3.8, 4) is 5.75 Å². The topological polar surface area (TPSA) is 30.3 Å². The first kappa shape index (κ1) is 14.1. The first-order valence-electron chi connectivity index (χ1n) is 6.40. The van der Waals surface area contributed by atoms with Crippen LogP contribution in [0.1, 0.15) is 5.56 Å². The first-order chi connectivity index (χ1) is 8.66. The van der Waals surface area contributed by atoms with E-state index in [1.54, 1.807) is 4.90 Å². The molecule has 3 nitrogen and oxygen atoms in total. The van der Waals surface area contributed by atoms with Crippen LogP contribution in [0, 0.1) is 6.92 Å². The van der Waals surface area contributed by atoms with Gasteiger partial charge in [-0.25, -0.2) is 0 Å². The van der Waals surface area contributed by atoms with Crippen LogP contribution < -0.4 is 15.0 Å². The number of ether oxygens (including phenoxy) is 1. The van der Waals surface area contributed by atoms with E-state index in [-0.39, 0.29) is 0 Å². The molecule has 2 rings (SSSR count). The SMILES string of the molecule is Cc1cc(Cl)c(OCC[NH+]2CC[NH2+]CC2)c(Br)c1. The minimum absolute atomic E-state index is 0.684. The molecule has 1 heterocycles. The summed E-state index contributed by atoms with van der Waals surface area (Å²) in [6, 6.07) is 3.97. The van der Waals surface area contributed by atoms with E-state index in [2.05, 4.69) is 21.2 Å². The summed E-state index contributed by atoms with van der Waals surface area (Å²) in [5.74, 6) is 0.769. The second-order valence-electron chi connectivity index (χ2n) is 4.77. The number of rotatable bonds is 4. The number of aryl methyl sites for hydroxylation is 1. The van der Waals surface area contributed by atoms with Gasteiger partial charge in [0.25, 0.3) is 0 Å². The molecule has 0 radical (unpaired) electrons. The molecular formula is C13H20BrClN2O+2. The molecule has 1 aliphatic heterocycles. The highest BCUT2D eigenvalue weighted by Gasteiger charge is 2.15. The lowest BCUT2D eigenvalue weighted by atomic mass is 10.2. The Balaban J connectivity index is 1.86. The highest BCUT2D eigenvalue weighted by Crippen LogP contribution is 2.34. The molecule has 0 bridgehead atoms. The van der Waals surface area contributed by atoms with E-state index in [0.717, 1.165) is 28.9 Å². The molecule has 0 spiro atoms. The van der Waals surface area contributed by atoms with Crippen molar-refractivity contribution >= 4 is 27.5 Å². The van der Waals surface area contributed by atoms with Crippen molar-refractivity contribution < 1.29 is 15.0 Å². The number of nitrogens with two attached hydrogens (primary N) is 1. The highest BCUT2D eigenvalue weighted by molar-refractivity contribution is 9.10. The Hall–Kier alpha value is -0.290. The van der Waals surface area contributed by atoms with Crippen LogP contribution in [0.25, 0.3) is 0 Å². The molecule has 3 N–H and O–H groups in total. The molecule has 0 amide bonds. The van der Waals surface area contributed by atoms with Crippen LogP contribution in [0.3, 0.4) is 0 Å². The van der Waals surface area contributed by atoms with Crippen molar-refractivity contribution in [3.05, 3.63) is 27.2 Å². The van der Waals surface area contributed by atoms with E-state index in [0.29, 0.717) is 5.02 Å². The summed E-state index contributed by atoms with van der Waals surface area (Å²) in [6.07, 6.45) is 0. The number of benzene rings is 1. The van der Waals surface area contributed by atoms with E-state index >= 15 is 0 Å². The molecule has 5 heteroatoms. The van der Waals surface area contributed by atoms with Crippen molar-refractivity contribution in [2.45, 2.75) is 6.92 Å². The van der Waals surface area contributed by atoms with E-state index in [9.17, 15) is 0 Å². The van der Waals surface area contributed by atoms with Gasteiger partial charge in [-0.3, -0.25) is 0 Å². The Morgan fingerprint density at radius 1 is 1.39 bits per heavy atom. The zero-order chi connectivity index (χ0) is 13.0. The minimum atomic E-state index is 0.684. The molecule has 1 saturated heterocycles. The Labute approximate surface area is 122 Å². The maximum atomic E-state index is 6.19. The van der Waals surface area contributed by atoms with Crippen LogP contribution in [-0.2, 0) is 0 Å². The summed E-state index contributed by atoms with van der Waals surface area (Å²) in [5.41, 5.74) is 1.14. The third kappa shape index (κ3) is 3.85. The van der Waals surface area contributed by atoms with Crippen molar-refractivity contribution in [3.63, 3.8) is 0 Å². The second kappa shape index (κ2) is 6.75. The van der Waals surface area contributed by atoms with Gasteiger partial charge in [-0.1, -0.05) is 11.6 Å². The lowest BCUT2D eigenvalue weighted by molar-refractivity contribution is -0.946. The van der Waals surface area contributed by atoms with Crippen molar-refractivity contribution in [2.75, 3.05) is 39.3 Å². The van der Waals surface area contributed by atoms with Crippen LogP contribution in [0.2, 0.25) is 5.02 Å². The van der Waals surface area contributed by atoms with E-state index in [4.69, 9.17) is 16.3 Å². The summed E-state index contributed by atoms with van der Waals surface area (Å²) in [4.78, 5) is 1.62. The lowest BCUT2D eigenvalue weighted by Gasteiger charge is -2.22. The van der Waals surface area contributed by atoms with Crippen molar-refractivity contribution in [2.24, 2.45) is 0 Å². The fourth-order valence-electron chi connectivity index (χ4n) is 2.25. The van der Waals surface area contributed by atoms with Gasteiger partial charge in [0, 0.05) is 0 Å². The number of hydrogen-bond donors (Lipinski definition) is 2. The number of halogens is 2. The number of quaternary nitrogens is 2. The molecule has 18 heavy (non-hydrogen) atoms. The third-order valence-electron chi connectivity index (χ3n) is 3.25. The molecule has 1 fully saturated rings. The number of piperazine rings is 1.